The van der Waals surface area contributed by atoms with Crippen LogP contribution in [-0.2, 0) is 7.05 Å². The molecule has 1 aliphatic heterocycles. The number of benzene rings is 1. The van der Waals surface area contributed by atoms with Gasteiger partial charge in [-0.2, -0.15) is 5.10 Å². The molecule has 1 aromatic heterocycles. The maximum absolute atomic E-state index is 13.5. The fraction of sp³-hybridized carbons (Fsp3) is 0.412. The lowest BCUT2D eigenvalue weighted by molar-refractivity contribution is 0.0919. The molecule has 0 aliphatic carbocycles. The number of hydrogen-bond acceptors (Lipinski definition) is 3. The van der Waals surface area contributed by atoms with Crippen LogP contribution in [0.25, 0.3) is 0 Å². The minimum Gasteiger partial charge on any atom is -0.493 e. The zero-order valence-electron chi connectivity index (χ0n) is 13.5. The SMILES string of the molecule is CC(C)c1cc(C(=O)NC2CCOc3ccc(F)cc32)nn1C. The quantitative estimate of drug-likeness (QED) is 0.947. The maximum atomic E-state index is 13.5. The summed E-state index contributed by atoms with van der Waals surface area (Å²) in [6.45, 7) is 4.59. The van der Waals surface area contributed by atoms with E-state index in [1.54, 1.807) is 16.8 Å². The van der Waals surface area contributed by atoms with Crippen LogP contribution in [0.3, 0.4) is 0 Å². The largest absolute Gasteiger partial charge is 0.493 e. The second-order valence-electron chi connectivity index (χ2n) is 6.08. The van der Waals surface area contributed by atoms with Gasteiger partial charge in [-0.15, -0.1) is 0 Å². The Morgan fingerprint density at radius 3 is 2.91 bits per heavy atom. The molecule has 1 unspecified atom stereocenters. The van der Waals surface area contributed by atoms with E-state index in [2.05, 4.69) is 24.3 Å². The van der Waals surface area contributed by atoms with Gasteiger partial charge in [-0.3, -0.25) is 9.48 Å². The molecule has 0 saturated heterocycles. The van der Waals surface area contributed by atoms with Gasteiger partial charge in [-0.1, -0.05) is 13.8 Å². The van der Waals surface area contributed by atoms with Crippen LogP contribution in [0, 0.1) is 5.82 Å². The van der Waals surface area contributed by atoms with E-state index in [1.165, 1.54) is 12.1 Å². The molecule has 0 bridgehead atoms. The summed E-state index contributed by atoms with van der Waals surface area (Å²) in [5, 5.41) is 7.21. The lowest BCUT2D eigenvalue weighted by Crippen LogP contribution is -2.32. The maximum Gasteiger partial charge on any atom is 0.272 e. The highest BCUT2D eigenvalue weighted by atomic mass is 19.1. The first-order valence-electron chi connectivity index (χ1n) is 7.72. The summed E-state index contributed by atoms with van der Waals surface area (Å²) in [5.74, 6) is 0.307. The standard InChI is InChI=1S/C17H20FN3O2/c1-10(2)15-9-14(20-21(15)3)17(22)19-13-6-7-23-16-5-4-11(18)8-12(13)16/h4-5,8-10,13H,6-7H2,1-3H3,(H,19,22). The van der Waals surface area contributed by atoms with Crippen LogP contribution in [0.1, 0.15) is 54.0 Å². The molecule has 0 saturated carbocycles. The van der Waals surface area contributed by atoms with Crippen LogP contribution < -0.4 is 10.1 Å². The highest BCUT2D eigenvalue weighted by Crippen LogP contribution is 2.32. The van der Waals surface area contributed by atoms with E-state index in [0.717, 1.165) is 5.69 Å². The van der Waals surface area contributed by atoms with Gasteiger partial charge in [-0.05, 0) is 30.2 Å². The minimum absolute atomic E-state index is 0.255. The topological polar surface area (TPSA) is 56.1 Å². The Kier molecular flexibility index (Phi) is 4.07. The van der Waals surface area contributed by atoms with E-state index in [0.29, 0.717) is 30.0 Å². The Morgan fingerprint density at radius 1 is 1.43 bits per heavy atom. The number of aromatic nitrogens is 2. The molecular formula is C17H20FN3O2. The zero-order valence-corrected chi connectivity index (χ0v) is 13.5. The molecule has 3 rings (SSSR count). The van der Waals surface area contributed by atoms with Gasteiger partial charge in [0.2, 0.25) is 0 Å². The van der Waals surface area contributed by atoms with Crippen molar-refractivity contribution in [3.63, 3.8) is 0 Å². The van der Waals surface area contributed by atoms with Crippen molar-refractivity contribution in [2.45, 2.75) is 32.2 Å². The van der Waals surface area contributed by atoms with Crippen molar-refractivity contribution in [2.75, 3.05) is 6.61 Å². The van der Waals surface area contributed by atoms with Crippen molar-refractivity contribution >= 4 is 5.91 Å². The molecule has 1 aromatic carbocycles. The second kappa shape index (κ2) is 6.02. The van der Waals surface area contributed by atoms with Gasteiger partial charge in [0.1, 0.15) is 17.3 Å². The van der Waals surface area contributed by atoms with Crippen molar-refractivity contribution in [1.82, 2.24) is 15.1 Å². The number of fused-ring (bicyclic) bond motifs is 1. The minimum atomic E-state index is -0.339. The molecule has 1 atom stereocenters. The van der Waals surface area contributed by atoms with Crippen LogP contribution >= 0.6 is 0 Å². The third kappa shape index (κ3) is 3.06. The van der Waals surface area contributed by atoms with Crippen molar-refractivity contribution in [3.05, 3.63) is 47.0 Å². The number of carbonyl (C=O) groups is 1. The molecule has 1 amide bonds. The number of halogens is 1. The predicted molar refractivity (Wildman–Crippen MR) is 84.0 cm³/mol. The Bertz CT molecular complexity index is 739. The second-order valence-corrected chi connectivity index (χ2v) is 6.08. The molecule has 2 aromatic rings. The summed E-state index contributed by atoms with van der Waals surface area (Å²) in [6, 6.07) is 5.90. The van der Waals surface area contributed by atoms with Gasteiger partial charge >= 0.3 is 0 Å². The van der Waals surface area contributed by atoms with E-state index in [9.17, 15) is 9.18 Å². The monoisotopic (exact) mass is 317 g/mol. The summed E-state index contributed by atoms with van der Waals surface area (Å²) in [7, 11) is 1.82. The average Bonchev–Trinajstić information content (AvgIpc) is 2.90. The van der Waals surface area contributed by atoms with Crippen molar-refractivity contribution in [1.29, 1.82) is 0 Å². The fourth-order valence-electron chi connectivity index (χ4n) is 2.88. The summed E-state index contributed by atoms with van der Waals surface area (Å²) >= 11 is 0. The first-order chi connectivity index (χ1) is 11.0. The molecule has 23 heavy (non-hydrogen) atoms. The van der Waals surface area contributed by atoms with Crippen molar-refractivity contribution < 1.29 is 13.9 Å². The lowest BCUT2D eigenvalue weighted by Gasteiger charge is -2.26. The van der Waals surface area contributed by atoms with Gasteiger partial charge in [0.25, 0.3) is 5.91 Å². The number of carbonyl (C=O) groups excluding carboxylic acids is 1. The molecular weight excluding hydrogens is 297 g/mol. The normalized spacial score (nSPS) is 16.8. The van der Waals surface area contributed by atoms with Crippen molar-refractivity contribution in [2.24, 2.45) is 7.05 Å². The van der Waals surface area contributed by atoms with E-state index < -0.39 is 0 Å². The smallest absolute Gasteiger partial charge is 0.272 e. The van der Waals surface area contributed by atoms with E-state index in [-0.39, 0.29) is 23.7 Å². The summed E-state index contributed by atoms with van der Waals surface area (Å²) in [5.41, 5.74) is 2.04. The molecule has 0 spiro atoms. The highest BCUT2D eigenvalue weighted by molar-refractivity contribution is 5.92. The predicted octanol–water partition coefficient (Wildman–Crippen LogP) is 2.94. The summed E-state index contributed by atoms with van der Waals surface area (Å²) in [4.78, 5) is 12.5. The molecule has 2 heterocycles. The lowest BCUT2D eigenvalue weighted by atomic mass is 10.00. The van der Waals surface area contributed by atoms with Crippen LogP contribution in [0.2, 0.25) is 0 Å². The van der Waals surface area contributed by atoms with Crippen LogP contribution in [-0.4, -0.2) is 22.3 Å². The first kappa shape index (κ1) is 15.5. The number of ether oxygens (including phenoxy) is 1. The van der Waals surface area contributed by atoms with Crippen molar-refractivity contribution in [3.8, 4) is 5.75 Å². The van der Waals surface area contributed by atoms with Gasteiger partial charge in [0, 0.05) is 24.7 Å². The molecule has 6 heteroatoms. The number of aryl methyl sites for hydroxylation is 1. The fourth-order valence-corrected chi connectivity index (χ4v) is 2.88. The Hall–Kier alpha value is -2.37. The Morgan fingerprint density at radius 2 is 2.22 bits per heavy atom. The molecule has 122 valence electrons. The third-order valence-electron chi connectivity index (χ3n) is 4.06. The number of nitrogens with one attached hydrogen (secondary N) is 1. The summed E-state index contributed by atoms with van der Waals surface area (Å²) < 4.78 is 20.7. The van der Waals surface area contributed by atoms with Crippen LogP contribution in [0.15, 0.2) is 24.3 Å². The highest BCUT2D eigenvalue weighted by Gasteiger charge is 2.25. The van der Waals surface area contributed by atoms with E-state index >= 15 is 0 Å². The number of nitrogens with zero attached hydrogens (tertiary/aromatic N) is 2. The molecule has 1 aliphatic rings. The zero-order chi connectivity index (χ0) is 16.6. The first-order valence-corrected chi connectivity index (χ1v) is 7.72. The van der Waals surface area contributed by atoms with E-state index in [1.807, 2.05) is 7.05 Å². The molecule has 0 radical (unpaired) electrons. The van der Waals surface area contributed by atoms with E-state index in [4.69, 9.17) is 4.74 Å². The number of rotatable bonds is 3. The van der Waals surface area contributed by atoms with Gasteiger partial charge in [0.15, 0.2) is 0 Å². The molecule has 0 fully saturated rings. The Labute approximate surface area is 134 Å². The molecule has 5 nitrogen and oxygen atoms in total. The van der Waals surface area contributed by atoms with Crippen LogP contribution in [0.5, 0.6) is 5.75 Å². The molecule has 1 N–H and O–H groups in total. The average molecular weight is 317 g/mol. The summed E-state index contributed by atoms with van der Waals surface area (Å²) in [6.07, 6.45) is 0.603. The Balaban J connectivity index is 1.82. The van der Waals surface area contributed by atoms with Crippen LogP contribution in [0.4, 0.5) is 4.39 Å². The third-order valence-corrected chi connectivity index (χ3v) is 4.06. The van der Waals surface area contributed by atoms with Gasteiger partial charge in [-0.25, -0.2) is 4.39 Å². The number of hydrogen-bond donors (Lipinski definition) is 1. The number of amides is 1. The van der Waals surface area contributed by atoms with Gasteiger partial charge in [0.05, 0.1) is 12.6 Å². The van der Waals surface area contributed by atoms with Gasteiger partial charge < -0.3 is 10.1 Å².